The molecule has 0 atom stereocenters. The number of hydrogen-bond acceptors (Lipinski definition) is 3. The van der Waals surface area contributed by atoms with E-state index in [1.807, 2.05) is 7.05 Å². The third-order valence-corrected chi connectivity index (χ3v) is 4.81. The summed E-state index contributed by atoms with van der Waals surface area (Å²) < 4.78 is 0. The molecular formula is C18H31N3. The summed E-state index contributed by atoms with van der Waals surface area (Å²) in [6.45, 7) is 8.11. The first-order valence-corrected chi connectivity index (χ1v) is 8.38. The molecule has 1 aromatic rings. The summed E-state index contributed by atoms with van der Waals surface area (Å²) in [6.07, 6.45) is 3.74. The van der Waals surface area contributed by atoms with E-state index >= 15 is 0 Å². The van der Waals surface area contributed by atoms with Crippen molar-refractivity contribution in [2.45, 2.75) is 38.8 Å². The van der Waals surface area contributed by atoms with Crippen molar-refractivity contribution in [2.24, 2.45) is 0 Å². The fourth-order valence-corrected chi connectivity index (χ4v) is 3.29. The topological polar surface area (TPSA) is 18.5 Å². The highest BCUT2D eigenvalue weighted by atomic mass is 15.2. The van der Waals surface area contributed by atoms with Gasteiger partial charge in [-0.2, -0.15) is 0 Å². The summed E-state index contributed by atoms with van der Waals surface area (Å²) in [7, 11) is 4.32. The van der Waals surface area contributed by atoms with Crippen LogP contribution in [0.25, 0.3) is 0 Å². The van der Waals surface area contributed by atoms with Gasteiger partial charge >= 0.3 is 0 Å². The fourth-order valence-electron chi connectivity index (χ4n) is 3.29. The molecule has 0 saturated carbocycles. The van der Waals surface area contributed by atoms with Crippen molar-refractivity contribution in [2.75, 3.05) is 40.3 Å². The van der Waals surface area contributed by atoms with Crippen molar-refractivity contribution < 1.29 is 0 Å². The minimum absolute atomic E-state index is 0.741. The molecule has 0 amide bonds. The van der Waals surface area contributed by atoms with Crippen molar-refractivity contribution in [3.8, 4) is 0 Å². The van der Waals surface area contributed by atoms with Gasteiger partial charge in [-0.25, -0.2) is 0 Å². The largest absolute Gasteiger partial charge is 0.319 e. The Balaban J connectivity index is 1.92. The molecule has 2 rings (SSSR count). The van der Waals surface area contributed by atoms with Gasteiger partial charge in [0.15, 0.2) is 0 Å². The van der Waals surface area contributed by atoms with Gasteiger partial charge in [0.2, 0.25) is 0 Å². The minimum Gasteiger partial charge on any atom is -0.319 e. The van der Waals surface area contributed by atoms with E-state index in [2.05, 4.69) is 53.4 Å². The predicted octanol–water partition coefficient (Wildman–Crippen LogP) is 2.36. The normalized spacial score (nSPS) is 17.5. The van der Waals surface area contributed by atoms with E-state index in [9.17, 15) is 0 Å². The first kappa shape index (κ1) is 16.5. The van der Waals surface area contributed by atoms with Gasteiger partial charge in [-0.05, 0) is 70.7 Å². The van der Waals surface area contributed by atoms with Crippen molar-refractivity contribution in [3.05, 3.63) is 35.4 Å². The van der Waals surface area contributed by atoms with Crippen LogP contribution in [0, 0.1) is 0 Å². The second-order valence-corrected chi connectivity index (χ2v) is 6.20. The molecule has 0 bridgehead atoms. The smallest absolute Gasteiger partial charge is 0.0236 e. The van der Waals surface area contributed by atoms with Crippen LogP contribution < -0.4 is 5.32 Å². The highest BCUT2D eigenvalue weighted by Crippen LogP contribution is 2.19. The van der Waals surface area contributed by atoms with Gasteiger partial charge in [0.1, 0.15) is 0 Å². The average molecular weight is 289 g/mol. The van der Waals surface area contributed by atoms with Gasteiger partial charge in [0, 0.05) is 12.6 Å². The molecule has 1 aliphatic heterocycles. The number of benzene rings is 1. The molecule has 1 aromatic carbocycles. The number of piperidine rings is 1. The summed E-state index contributed by atoms with van der Waals surface area (Å²) in [5.41, 5.74) is 2.98. The second kappa shape index (κ2) is 8.52. The quantitative estimate of drug-likeness (QED) is 0.831. The average Bonchev–Trinajstić information content (AvgIpc) is 2.54. The van der Waals surface area contributed by atoms with Crippen molar-refractivity contribution in [1.82, 2.24) is 15.1 Å². The Morgan fingerprint density at radius 2 is 1.86 bits per heavy atom. The second-order valence-electron chi connectivity index (χ2n) is 6.20. The molecule has 21 heavy (non-hydrogen) atoms. The van der Waals surface area contributed by atoms with Crippen LogP contribution in [0.15, 0.2) is 24.3 Å². The molecule has 1 heterocycles. The Morgan fingerprint density at radius 1 is 1.19 bits per heavy atom. The molecule has 118 valence electrons. The van der Waals surface area contributed by atoms with Crippen LogP contribution in [0.1, 0.15) is 30.9 Å². The summed E-state index contributed by atoms with van der Waals surface area (Å²) in [6, 6.07) is 9.65. The first-order valence-electron chi connectivity index (χ1n) is 8.38. The van der Waals surface area contributed by atoms with Gasteiger partial charge in [-0.1, -0.05) is 31.2 Å². The molecule has 0 spiro atoms. The summed E-state index contributed by atoms with van der Waals surface area (Å²) in [4.78, 5) is 5.12. The zero-order valence-electron chi connectivity index (χ0n) is 13.9. The zero-order valence-corrected chi connectivity index (χ0v) is 13.9. The van der Waals surface area contributed by atoms with Crippen LogP contribution in [0.4, 0.5) is 0 Å². The maximum absolute atomic E-state index is 3.25. The van der Waals surface area contributed by atoms with Crippen LogP contribution in [-0.4, -0.2) is 56.1 Å². The standard InChI is InChI=1S/C18H31N3/c1-4-21-13-10-18(11-14-21)20(3)15-17-8-6-5-7-16(17)9-12-19-2/h5-8,18-19H,4,9-15H2,1-3H3. The van der Waals surface area contributed by atoms with E-state index in [4.69, 9.17) is 0 Å². The van der Waals surface area contributed by atoms with E-state index in [1.165, 1.54) is 43.6 Å². The van der Waals surface area contributed by atoms with E-state index in [1.54, 1.807) is 0 Å². The lowest BCUT2D eigenvalue weighted by Gasteiger charge is -2.36. The lowest BCUT2D eigenvalue weighted by atomic mass is 10.0. The minimum atomic E-state index is 0.741. The molecule has 3 nitrogen and oxygen atoms in total. The third kappa shape index (κ3) is 4.80. The van der Waals surface area contributed by atoms with Gasteiger partial charge in [-0.15, -0.1) is 0 Å². The Labute approximate surface area is 130 Å². The number of nitrogens with zero attached hydrogens (tertiary/aromatic N) is 2. The van der Waals surface area contributed by atoms with Gasteiger partial charge < -0.3 is 10.2 Å². The number of likely N-dealkylation sites (tertiary alicyclic amines) is 1. The van der Waals surface area contributed by atoms with Gasteiger partial charge in [-0.3, -0.25) is 4.90 Å². The predicted molar refractivity (Wildman–Crippen MR) is 90.7 cm³/mol. The highest BCUT2D eigenvalue weighted by Gasteiger charge is 2.21. The molecule has 0 unspecified atom stereocenters. The fraction of sp³-hybridized carbons (Fsp3) is 0.667. The number of hydrogen-bond donors (Lipinski definition) is 1. The highest BCUT2D eigenvalue weighted by molar-refractivity contribution is 5.27. The number of rotatable bonds is 7. The first-order chi connectivity index (χ1) is 10.2. The third-order valence-electron chi connectivity index (χ3n) is 4.81. The molecule has 1 saturated heterocycles. The van der Waals surface area contributed by atoms with Crippen LogP contribution in [0.5, 0.6) is 0 Å². The van der Waals surface area contributed by atoms with Crippen molar-refractivity contribution >= 4 is 0 Å². The molecule has 1 N–H and O–H groups in total. The molecule has 0 radical (unpaired) electrons. The number of nitrogens with one attached hydrogen (secondary N) is 1. The Hall–Kier alpha value is -0.900. The SMILES string of the molecule is CCN1CCC(N(C)Cc2ccccc2CCNC)CC1. The Morgan fingerprint density at radius 3 is 2.48 bits per heavy atom. The molecule has 1 aliphatic rings. The molecular weight excluding hydrogens is 258 g/mol. The Bertz CT molecular complexity index is 411. The van der Waals surface area contributed by atoms with Crippen LogP contribution in [0.3, 0.4) is 0 Å². The Kier molecular flexibility index (Phi) is 6.68. The molecule has 3 heteroatoms. The van der Waals surface area contributed by atoms with Crippen LogP contribution in [0.2, 0.25) is 0 Å². The zero-order chi connectivity index (χ0) is 15.1. The monoisotopic (exact) mass is 289 g/mol. The van der Waals surface area contributed by atoms with Crippen molar-refractivity contribution in [3.63, 3.8) is 0 Å². The van der Waals surface area contributed by atoms with Gasteiger partial charge in [0.25, 0.3) is 0 Å². The summed E-state index contributed by atoms with van der Waals surface area (Å²) >= 11 is 0. The van der Waals surface area contributed by atoms with E-state index in [0.717, 1.165) is 25.6 Å². The molecule has 1 fully saturated rings. The summed E-state index contributed by atoms with van der Waals surface area (Å²) in [5, 5.41) is 3.25. The summed E-state index contributed by atoms with van der Waals surface area (Å²) in [5.74, 6) is 0. The van der Waals surface area contributed by atoms with E-state index in [-0.39, 0.29) is 0 Å². The molecule has 0 aliphatic carbocycles. The lowest BCUT2D eigenvalue weighted by molar-refractivity contribution is 0.127. The maximum atomic E-state index is 3.25. The van der Waals surface area contributed by atoms with E-state index in [0.29, 0.717) is 0 Å². The van der Waals surface area contributed by atoms with Crippen LogP contribution in [-0.2, 0) is 13.0 Å². The number of likely N-dealkylation sites (N-methyl/N-ethyl adjacent to an activating group) is 1. The lowest BCUT2D eigenvalue weighted by Crippen LogP contribution is -2.43. The van der Waals surface area contributed by atoms with Gasteiger partial charge in [0.05, 0.1) is 0 Å². The maximum Gasteiger partial charge on any atom is 0.0236 e. The van der Waals surface area contributed by atoms with E-state index < -0.39 is 0 Å². The molecule has 0 aromatic heterocycles. The van der Waals surface area contributed by atoms with Crippen LogP contribution >= 0.6 is 0 Å². The van der Waals surface area contributed by atoms with Crippen molar-refractivity contribution in [1.29, 1.82) is 0 Å².